The number of methoxy groups -OCH3 is 1. The van der Waals surface area contributed by atoms with Crippen molar-refractivity contribution in [1.82, 2.24) is 14.6 Å². The lowest BCUT2D eigenvalue weighted by atomic mass is 9.93. The second kappa shape index (κ2) is 19.6. The highest BCUT2D eigenvalue weighted by Crippen LogP contribution is 2.42. The molecule has 0 fully saturated rings. The fourth-order valence-corrected chi connectivity index (χ4v) is 11.2. The second-order valence-electron chi connectivity index (χ2n) is 15.7. The molecule has 5 aromatic carbocycles. The lowest BCUT2D eigenvalue weighted by molar-refractivity contribution is -0.145. The van der Waals surface area contributed by atoms with Crippen molar-refractivity contribution in [2.45, 2.75) is 55.6 Å². The molecule has 3 N–H and O–H groups in total. The van der Waals surface area contributed by atoms with Gasteiger partial charge in [0.1, 0.15) is 18.7 Å². The van der Waals surface area contributed by atoms with Gasteiger partial charge in [0.2, 0.25) is 11.8 Å². The molecule has 0 saturated heterocycles. The van der Waals surface area contributed by atoms with Gasteiger partial charge in [-0.05, 0) is 101 Å². The average molecular weight is 980 g/mol. The van der Waals surface area contributed by atoms with Crippen LogP contribution in [0.2, 0.25) is 10.0 Å². The first kappa shape index (κ1) is 46.7. The molecule has 6 aromatic rings. The third-order valence-electron chi connectivity index (χ3n) is 11.2. The van der Waals surface area contributed by atoms with Crippen LogP contribution in [0, 0.1) is 18.3 Å². The number of ether oxygens (including phenoxy) is 3. The normalized spacial score (nSPS) is 15.9. The molecule has 3 unspecified atom stereocenters. The molecule has 2 aliphatic rings. The van der Waals surface area contributed by atoms with Crippen molar-refractivity contribution in [3.05, 3.63) is 152 Å². The van der Waals surface area contributed by atoms with Crippen molar-refractivity contribution in [3.8, 4) is 28.7 Å². The van der Waals surface area contributed by atoms with Gasteiger partial charge in [-0.25, -0.2) is 18.2 Å². The number of aryl methyl sites for hydroxylation is 1. The van der Waals surface area contributed by atoms with E-state index < -0.39 is 46.0 Å². The summed E-state index contributed by atoms with van der Waals surface area (Å²) in [7, 11) is -3.28. The summed E-state index contributed by atoms with van der Waals surface area (Å²) < 4.78 is 48.1. The van der Waals surface area contributed by atoms with Gasteiger partial charge in [0, 0.05) is 31.1 Å². The first-order valence-electron chi connectivity index (χ1n) is 20.7. The number of sulfonamides is 1. The number of carbonyl (C=O) groups excluding carboxylic acids is 4. The number of fused-ring (bicyclic) bond motifs is 2. The summed E-state index contributed by atoms with van der Waals surface area (Å²) in [6.45, 7) is 2.64. The third-order valence-corrected chi connectivity index (χ3v) is 15.4. The number of benzene rings is 5. The summed E-state index contributed by atoms with van der Waals surface area (Å²) in [5, 5.41) is 18.0. The van der Waals surface area contributed by atoms with E-state index in [1.165, 1.54) is 27.0 Å². The molecular weight excluding hydrogens is 940 g/mol. The Kier molecular flexibility index (Phi) is 13.6. The van der Waals surface area contributed by atoms with Gasteiger partial charge in [-0.1, -0.05) is 83.1 Å². The van der Waals surface area contributed by atoms with Gasteiger partial charge >= 0.3 is 5.97 Å². The number of rotatable bonds is 12. The molecule has 0 saturated carbocycles. The van der Waals surface area contributed by atoms with Gasteiger partial charge < -0.3 is 30.2 Å². The number of hydrogen-bond acceptors (Lipinski definition) is 12. The zero-order valence-corrected chi connectivity index (χ0v) is 39.1. The van der Waals surface area contributed by atoms with Crippen molar-refractivity contribution in [3.63, 3.8) is 0 Å². The Balaban J connectivity index is 1.04. The average Bonchev–Trinajstić information content (AvgIpc) is 3.70. The van der Waals surface area contributed by atoms with E-state index in [1.807, 2.05) is 36.4 Å². The minimum Gasteiger partial charge on any atom is -0.485 e. The van der Waals surface area contributed by atoms with E-state index in [0.29, 0.717) is 50.0 Å². The molecule has 8 rings (SSSR count). The molecule has 15 nitrogen and oxygen atoms in total. The zero-order valence-electron chi connectivity index (χ0n) is 36.0. The van der Waals surface area contributed by atoms with Gasteiger partial charge in [-0.3, -0.25) is 14.4 Å². The molecule has 0 radical (unpaired) electrons. The second-order valence-corrected chi connectivity index (χ2v) is 19.6. The van der Waals surface area contributed by atoms with Crippen LogP contribution in [-0.4, -0.2) is 67.2 Å². The molecule has 2 aliphatic heterocycles. The maximum absolute atomic E-state index is 14.7. The molecule has 1 aromatic heterocycles. The molecule has 0 bridgehead atoms. The number of thiazole rings is 1. The summed E-state index contributed by atoms with van der Waals surface area (Å²) in [6.07, 6.45) is -0.632. The fraction of sp³-hybridized carbons (Fsp3) is 0.208. The van der Waals surface area contributed by atoms with Crippen LogP contribution in [-0.2, 0) is 48.5 Å². The van der Waals surface area contributed by atoms with E-state index in [2.05, 4.69) is 27.0 Å². The highest BCUT2D eigenvalue weighted by atomic mass is 35.5. The minimum absolute atomic E-state index is 0.0338. The molecule has 342 valence electrons. The van der Waals surface area contributed by atoms with Gasteiger partial charge in [0.15, 0.2) is 26.9 Å². The lowest BCUT2D eigenvalue weighted by Gasteiger charge is -2.36. The number of nitrogens with one attached hydrogen (secondary N) is 3. The van der Waals surface area contributed by atoms with Gasteiger partial charge in [-0.15, -0.1) is 0 Å². The third kappa shape index (κ3) is 10.3. The van der Waals surface area contributed by atoms with Crippen LogP contribution in [0.15, 0.2) is 107 Å². The van der Waals surface area contributed by atoms with Crippen LogP contribution in [0.3, 0.4) is 0 Å². The highest BCUT2D eigenvalue weighted by molar-refractivity contribution is 7.91. The van der Waals surface area contributed by atoms with Crippen LogP contribution in [0.4, 0.5) is 10.8 Å². The minimum atomic E-state index is -4.48. The number of amides is 3. The van der Waals surface area contributed by atoms with Crippen LogP contribution < -0.4 is 25.4 Å². The highest BCUT2D eigenvalue weighted by Gasteiger charge is 2.43. The summed E-state index contributed by atoms with van der Waals surface area (Å²) in [4.78, 5) is 56.8. The van der Waals surface area contributed by atoms with E-state index in [4.69, 9.17) is 42.7 Å². The maximum atomic E-state index is 14.7. The quantitative estimate of drug-likeness (QED) is 0.100. The zero-order chi connectivity index (χ0) is 47.6. The number of anilines is 2. The summed E-state index contributed by atoms with van der Waals surface area (Å²) in [6, 6.07) is 29.1. The lowest BCUT2D eigenvalue weighted by Crippen LogP contribution is -2.56. The standard InChI is InChI=1S/C48H40Cl2N6O9S2/c1-26-47(66-48(52-26)53-27(2)57)67(61,62)56-24-35-22-42-41(64-25-43(65-42)32-12-15-36(16-13-32)54-44(58)33-14-17-37(49)38(50)19-33)21-34(35)20-40(56)45(59)55-39(46(60)63-3)18-28-4-8-30(9-5-28)31-10-6-29(23-51)7-11-31/h4-17,19,21-22,39-40,43H,18,20,24-25H2,1-3H3,(H,54,58)(H,55,59)(H,52,53,57). The number of nitrogens with zero attached hydrogens (tertiary/aromatic N) is 3. The van der Waals surface area contributed by atoms with Crippen LogP contribution in [0.25, 0.3) is 11.1 Å². The number of aromatic nitrogens is 1. The Morgan fingerprint density at radius 3 is 2.25 bits per heavy atom. The van der Waals surface area contributed by atoms with E-state index in [0.717, 1.165) is 32.3 Å². The van der Waals surface area contributed by atoms with Crippen molar-refractivity contribution in [2.75, 3.05) is 24.4 Å². The van der Waals surface area contributed by atoms with Gasteiger partial charge in [0.05, 0.1) is 34.5 Å². The largest absolute Gasteiger partial charge is 0.485 e. The van der Waals surface area contributed by atoms with E-state index in [-0.39, 0.29) is 52.0 Å². The maximum Gasteiger partial charge on any atom is 0.328 e. The van der Waals surface area contributed by atoms with Crippen molar-refractivity contribution in [1.29, 1.82) is 5.26 Å². The Hall–Kier alpha value is -6.81. The summed E-state index contributed by atoms with van der Waals surface area (Å²) in [5.74, 6) is -1.54. The summed E-state index contributed by atoms with van der Waals surface area (Å²) in [5.41, 5.74) is 5.90. The molecule has 3 amide bonds. The van der Waals surface area contributed by atoms with E-state index in [9.17, 15) is 27.6 Å². The number of carbonyl (C=O) groups is 4. The number of nitriles is 1. The van der Waals surface area contributed by atoms with E-state index >= 15 is 0 Å². The Bertz CT molecular complexity index is 3070. The monoisotopic (exact) mass is 978 g/mol. The molecule has 67 heavy (non-hydrogen) atoms. The van der Waals surface area contributed by atoms with Crippen molar-refractivity contribution in [2.24, 2.45) is 0 Å². The molecule has 0 aliphatic carbocycles. The van der Waals surface area contributed by atoms with Crippen LogP contribution in [0.5, 0.6) is 11.5 Å². The predicted molar refractivity (Wildman–Crippen MR) is 252 cm³/mol. The van der Waals surface area contributed by atoms with Gasteiger partial charge in [0.25, 0.3) is 15.9 Å². The number of hydrogen-bond donors (Lipinski definition) is 3. The number of halogens is 2. The predicted octanol–water partition coefficient (Wildman–Crippen LogP) is 8.04. The van der Waals surface area contributed by atoms with E-state index in [1.54, 1.807) is 60.7 Å². The van der Waals surface area contributed by atoms with Crippen LogP contribution in [0.1, 0.15) is 56.9 Å². The molecule has 3 atom stereocenters. The smallest absolute Gasteiger partial charge is 0.328 e. The molecule has 19 heteroatoms. The molecular formula is C48H40Cl2N6O9S2. The first-order chi connectivity index (χ1) is 32.1. The Labute approximate surface area is 399 Å². The fourth-order valence-electron chi connectivity index (χ4n) is 7.73. The van der Waals surface area contributed by atoms with Crippen molar-refractivity contribution < 1.29 is 41.8 Å². The van der Waals surface area contributed by atoms with Crippen LogP contribution >= 0.6 is 34.5 Å². The van der Waals surface area contributed by atoms with Gasteiger partial charge in [-0.2, -0.15) is 9.57 Å². The molecule has 0 spiro atoms. The number of esters is 1. The SMILES string of the molecule is COC(=O)C(Cc1ccc(-c2ccc(C#N)cc2)cc1)NC(=O)C1Cc2cc3c(cc2CN1S(=O)(=O)c1sc(NC(C)=O)nc1C)OC(c1ccc(NC(=O)c2ccc(Cl)c(Cl)c2)cc1)CO3. The Morgan fingerprint density at radius 1 is 0.910 bits per heavy atom. The molecule has 3 heterocycles. The topological polar surface area (TPSA) is 206 Å². The Morgan fingerprint density at radius 2 is 1.60 bits per heavy atom. The first-order valence-corrected chi connectivity index (χ1v) is 23.7. The van der Waals surface area contributed by atoms with Crippen molar-refractivity contribution >= 4 is 79.1 Å². The summed E-state index contributed by atoms with van der Waals surface area (Å²) >= 11 is 12.9.